The van der Waals surface area contributed by atoms with Crippen LogP contribution < -0.4 is 0 Å². The first-order valence-electron chi connectivity index (χ1n) is 8.62. The van der Waals surface area contributed by atoms with E-state index in [9.17, 15) is 0 Å². The predicted octanol–water partition coefficient (Wildman–Crippen LogP) is 5.19. The van der Waals surface area contributed by atoms with Gasteiger partial charge >= 0.3 is 0 Å². The Labute approximate surface area is 147 Å². The molecule has 0 N–H and O–H groups in total. The summed E-state index contributed by atoms with van der Waals surface area (Å²) in [6.07, 6.45) is 4.57. The Bertz CT molecular complexity index is 946. The van der Waals surface area contributed by atoms with Gasteiger partial charge in [0.05, 0.1) is 11.1 Å². The lowest BCUT2D eigenvalue weighted by atomic mass is 9.96. The number of fused-ring (bicyclic) bond motifs is 3. The lowest BCUT2D eigenvalue weighted by Crippen LogP contribution is -2.10. The van der Waals surface area contributed by atoms with Crippen molar-refractivity contribution in [3.05, 3.63) is 51.1 Å². The fraction of sp³-hybridized carbons (Fsp3) is 0.400. The first-order chi connectivity index (χ1) is 11.5. The van der Waals surface area contributed by atoms with Crippen molar-refractivity contribution in [1.29, 1.82) is 0 Å². The molecule has 0 saturated heterocycles. The third-order valence-electron chi connectivity index (χ3n) is 5.04. The van der Waals surface area contributed by atoms with E-state index < -0.39 is 0 Å². The highest BCUT2D eigenvalue weighted by molar-refractivity contribution is 6.34. The van der Waals surface area contributed by atoms with Gasteiger partial charge in [-0.3, -0.25) is 4.57 Å². The monoisotopic (exact) mass is 339 g/mol. The number of benzene rings is 1. The molecule has 0 atom stereocenters. The summed E-state index contributed by atoms with van der Waals surface area (Å²) in [6, 6.07) is 4.50. The Hall–Kier alpha value is -1.87. The molecular weight excluding hydrogens is 318 g/mol. The van der Waals surface area contributed by atoms with Gasteiger partial charge in [0.2, 0.25) is 0 Å². The zero-order valence-electron chi connectivity index (χ0n) is 14.7. The number of hydrogen-bond acceptors (Lipinski definition) is 2. The lowest BCUT2D eigenvalue weighted by Gasteiger charge is -2.19. The molecule has 124 valence electrons. The van der Waals surface area contributed by atoms with Crippen molar-refractivity contribution in [2.24, 2.45) is 0 Å². The zero-order chi connectivity index (χ0) is 17.0. The van der Waals surface area contributed by atoms with E-state index in [2.05, 4.69) is 42.5 Å². The summed E-state index contributed by atoms with van der Waals surface area (Å²) in [5.74, 6) is 0.728. The summed E-state index contributed by atoms with van der Waals surface area (Å²) in [5.41, 5.74) is 8.80. The molecule has 0 radical (unpaired) electrons. The number of aromatic nitrogens is 3. The molecule has 0 amide bonds. The van der Waals surface area contributed by atoms with Crippen LogP contribution >= 0.6 is 11.6 Å². The highest BCUT2D eigenvalue weighted by Gasteiger charge is 2.25. The quantitative estimate of drug-likeness (QED) is 0.571. The van der Waals surface area contributed by atoms with Crippen molar-refractivity contribution in [2.75, 3.05) is 0 Å². The minimum absolute atomic E-state index is 0.594. The van der Waals surface area contributed by atoms with Crippen molar-refractivity contribution in [3.63, 3.8) is 0 Å². The first kappa shape index (κ1) is 15.6. The number of aryl methyl sites for hydroxylation is 5. The molecule has 2 heterocycles. The molecule has 0 spiro atoms. The van der Waals surface area contributed by atoms with Gasteiger partial charge in [0.25, 0.3) is 0 Å². The number of rotatable bonds is 1. The van der Waals surface area contributed by atoms with E-state index in [4.69, 9.17) is 16.6 Å². The molecule has 0 bridgehead atoms. The molecule has 4 heteroatoms. The maximum Gasteiger partial charge on any atom is 0.150 e. The summed E-state index contributed by atoms with van der Waals surface area (Å²) >= 11 is 6.54. The van der Waals surface area contributed by atoms with Gasteiger partial charge in [-0.25, -0.2) is 9.97 Å². The van der Waals surface area contributed by atoms with Crippen LogP contribution in [0, 0.1) is 27.7 Å². The van der Waals surface area contributed by atoms with E-state index in [-0.39, 0.29) is 0 Å². The molecule has 1 aliphatic rings. The minimum Gasteiger partial charge on any atom is -0.297 e. The Kier molecular flexibility index (Phi) is 3.65. The summed E-state index contributed by atoms with van der Waals surface area (Å²) in [4.78, 5) is 9.21. The van der Waals surface area contributed by atoms with Gasteiger partial charge in [0.15, 0.2) is 0 Å². The fourth-order valence-electron chi connectivity index (χ4n) is 4.24. The highest BCUT2D eigenvalue weighted by Crippen LogP contribution is 2.38. The van der Waals surface area contributed by atoms with Crippen LogP contribution in [-0.2, 0) is 12.8 Å². The maximum absolute atomic E-state index is 6.54. The van der Waals surface area contributed by atoms with Crippen LogP contribution in [0.5, 0.6) is 0 Å². The van der Waals surface area contributed by atoms with Gasteiger partial charge in [0, 0.05) is 5.69 Å². The van der Waals surface area contributed by atoms with Gasteiger partial charge in [-0.05, 0) is 70.1 Å². The molecule has 3 aromatic rings. The fourth-order valence-corrected chi connectivity index (χ4v) is 4.57. The second kappa shape index (κ2) is 5.59. The molecule has 0 aliphatic heterocycles. The van der Waals surface area contributed by atoms with E-state index in [1.165, 1.54) is 46.5 Å². The molecule has 0 saturated carbocycles. The zero-order valence-corrected chi connectivity index (χ0v) is 15.5. The third-order valence-corrected chi connectivity index (χ3v) is 5.31. The summed E-state index contributed by atoms with van der Waals surface area (Å²) in [6.45, 7) is 8.44. The summed E-state index contributed by atoms with van der Waals surface area (Å²) in [5, 5.41) is 1.65. The molecular formula is C20H22ClN3. The smallest absolute Gasteiger partial charge is 0.150 e. The van der Waals surface area contributed by atoms with Gasteiger partial charge in [-0.2, -0.15) is 0 Å². The van der Waals surface area contributed by atoms with Crippen LogP contribution in [0.25, 0.3) is 16.7 Å². The number of halogens is 1. The first-order valence-corrected chi connectivity index (χ1v) is 8.99. The second-order valence-corrected chi connectivity index (χ2v) is 7.33. The molecule has 0 fully saturated rings. The Morgan fingerprint density at radius 1 is 0.958 bits per heavy atom. The average molecular weight is 340 g/mol. The SMILES string of the molecule is Cc1cc(C)c(-n2c3c(c4c(Cl)nc(C)nc42)CCCC3)c(C)c1. The van der Waals surface area contributed by atoms with Crippen molar-refractivity contribution in [1.82, 2.24) is 14.5 Å². The van der Waals surface area contributed by atoms with E-state index in [0.717, 1.165) is 29.7 Å². The Morgan fingerprint density at radius 3 is 2.33 bits per heavy atom. The van der Waals surface area contributed by atoms with Crippen molar-refractivity contribution in [3.8, 4) is 5.69 Å². The van der Waals surface area contributed by atoms with Crippen LogP contribution in [0.15, 0.2) is 12.1 Å². The van der Waals surface area contributed by atoms with Crippen molar-refractivity contribution < 1.29 is 0 Å². The van der Waals surface area contributed by atoms with Crippen molar-refractivity contribution in [2.45, 2.75) is 53.4 Å². The van der Waals surface area contributed by atoms with E-state index in [0.29, 0.717) is 5.15 Å². The Balaban J connectivity index is 2.17. The summed E-state index contributed by atoms with van der Waals surface area (Å²) in [7, 11) is 0. The van der Waals surface area contributed by atoms with E-state index >= 15 is 0 Å². The van der Waals surface area contributed by atoms with Crippen molar-refractivity contribution >= 4 is 22.6 Å². The third kappa shape index (κ3) is 2.26. The van der Waals surface area contributed by atoms with Gasteiger partial charge < -0.3 is 0 Å². The molecule has 1 aliphatic carbocycles. The normalized spacial score (nSPS) is 14.2. The van der Waals surface area contributed by atoms with Crippen LogP contribution in [0.4, 0.5) is 0 Å². The predicted molar refractivity (Wildman–Crippen MR) is 99.5 cm³/mol. The number of hydrogen-bond donors (Lipinski definition) is 0. The number of nitrogens with zero attached hydrogens (tertiary/aromatic N) is 3. The average Bonchev–Trinajstić information content (AvgIpc) is 2.81. The molecule has 0 unspecified atom stereocenters. The van der Waals surface area contributed by atoms with Gasteiger partial charge in [-0.1, -0.05) is 29.3 Å². The lowest BCUT2D eigenvalue weighted by molar-refractivity contribution is 0.665. The van der Waals surface area contributed by atoms with E-state index in [1.807, 2.05) is 6.92 Å². The molecule has 4 rings (SSSR count). The minimum atomic E-state index is 0.594. The maximum atomic E-state index is 6.54. The molecule has 2 aromatic heterocycles. The van der Waals surface area contributed by atoms with Crippen LogP contribution in [0.2, 0.25) is 5.15 Å². The van der Waals surface area contributed by atoms with Gasteiger partial charge in [0.1, 0.15) is 16.6 Å². The molecule has 3 nitrogen and oxygen atoms in total. The second-order valence-electron chi connectivity index (χ2n) is 6.98. The van der Waals surface area contributed by atoms with Crippen LogP contribution in [0.1, 0.15) is 46.6 Å². The highest BCUT2D eigenvalue weighted by atomic mass is 35.5. The largest absolute Gasteiger partial charge is 0.297 e. The Morgan fingerprint density at radius 2 is 1.62 bits per heavy atom. The standard InChI is InChI=1S/C20H22ClN3/c1-11-9-12(2)18(13(3)10-11)24-16-8-6-5-7-15(16)17-19(21)22-14(4)23-20(17)24/h9-10H,5-8H2,1-4H3. The summed E-state index contributed by atoms with van der Waals surface area (Å²) < 4.78 is 2.36. The van der Waals surface area contributed by atoms with Crippen LogP contribution in [0.3, 0.4) is 0 Å². The molecule has 24 heavy (non-hydrogen) atoms. The molecule has 1 aromatic carbocycles. The van der Waals surface area contributed by atoms with Gasteiger partial charge in [-0.15, -0.1) is 0 Å². The van der Waals surface area contributed by atoms with E-state index in [1.54, 1.807) is 0 Å². The van der Waals surface area contributed by atoms with Crippen LogP contribution in [-0.4, -0.2) is 14.5 Å². The topological polar surface area (TPSA) is 30.7 Å².